The van der Waals surface area contributed by atoms with Crippen LogP contribution in [0.15, 0.2) is 18.2 Å². The van der Waals surface area contributed by atoms with Gasteiger partial charge in [-0.25, -0.2) is 0 Å². The molecule has 1 atom stereocenters. The SMILES string of the molecule is Nc1ccc2c(c1)CNC(C(=O)O)C2. The Morgan fingerprint density at radius 3 is 3.00 bits per heavy atom. The fourth-order valence-electron chi connectivity index (χ4n) is 1.71. The van der Waals surface area contributed by atoms with Crippen molar-refractivity contribution in [2.75, 3.05) is 5.73 Å². The second-order valence-corrected chi connectivity index (χ2v) is 3.50. The van der Waals surface area contributed by atoms with Crippen LogP contribution >= 0.6 is 0 Å². The van der Waals surface area contributed by atoms with Crippen LogP contribution in [0.3, 0.4) is 0 Å². The van der Waals surface area contributed by atoms with Crippen LogP contribution in [0.1, 0.15) is 11.1 Å². The van der Waals surface area contributed by atoms with Crippen molar-refractivity contribution >= 4 is 11.7 Å². The Balaban J connectivity index is 2.27. The molecule has 4 nitrogen and oxygen atoms in total. The lowest BCUT2D eigenvalue weighted by Crippen LogP contribution is -2.41. The third kappa shape index (κ3) is 1.56. The van der Waals surface area contributed by atoms with E-state index in [-0.39, 0.29) is 0 Å². The summed E-state index contributed by atoms with van der Waals surface area (Å²) in [5.74, 6) is -0.799. The van der Waals surface area contributed by atoms with Crippen molar-refractivity contribution in [3.63, 3.8) is 0 Å². The minimum atomic E-state index is -0.799. The lowest BCUT2D eigenvalue weighted by Gasteiger charge is -2.23. The Kier molecular flexibility index (Phi) is 2.13. The number of rotatable bonds is 1. The molecule has 1 aliphatic heterocycles. The number of anilines is 1. The van der Waals surface area contributed by atoms with Gasteiger partial charge in [0.1, 0.15) is 6.04 Å². The molecule has 0 saturated carbocycles. The Morgan fingerprint density at radius 2 is 2.29 bits per heavy atom. The summed E-state index contributed by atoms with van der Waals surface area (Å²) in [4.78, 5) is 10.7. The molecule has 0 radical (unpaired) electrons. The van der Waals surface area contributed by atoms with Gasteiger partial charge in [0.15, 0.2) is 0 Å². The maximum absolute atomic E-state index is 10.7. The number of fused-ring (bicyclic) bond motifs is 1. The van der Waals surface area contributed by atoms with Gasteiger partial charge in [0.05, 0.1) is 0 Å². The molecule has 4 N–H and O–H groups in total. The van der Waals surface area contributed by atoms with E-state index in [0.29, 0.717) is 13.0 Å². The van der Waals surface area contributed by atoms with Crippen molar-refractivity contribution in [3.8, 4) is 0 Å². The van der Waals surface area contributed by atoms with Crippen LogP contribution in [0.2, 0.25) is 0 Å². The molecule has 0 amide bonds. The first-order chi connectivity index (χ1) is 6.66. The summed E-state index contributed by atoms with van der Waals surface area (Å²) in [6, 6.07) is 5.14. The molecule has 4 heteroatoms. The molecule has 2 rings (SSSR count). The van der Waals surface area contributed by atoms with Gasteiger partial charge < -0.3 is 16.2 Å². The second-order valence-electron chi connectivity index (χ2n) is 3.50. The van der Waals surface area contributed by atoms with E-state index in [4.69, 9.17) is 10.8 Å². The van der Waals surface area contributed by atoms with Crippen molar-refractivity contribution in [2.45, 2.75) is 19.0 Å². The molecule has 0 bridgehead atoms. The van der Waals surface area contributed by atoms with E-state index in [1.807, 2.05) is 18.2 Å². The number of carbonyl (C=O) groups is 1. The molecule has 0 saturated heterocycles. The van der Waals surface area contributed by atoms with Crippen LogP contribution in [0.25, 0.3) is 0 Å². The number of hydrogen-bond acceptors (Lipinski definition) is 3. The number of nitrogens with two attached hydrogens (primary N) is 1. The molecule has 1 aromatic carbocycles. The summed E-state index contributed by atoms with van der Waals surface area (Å²) in [5, 5.41) is 11.8. The van der Waals surface area contributed by atoms with E-state index in [9.17, 15) is 4.79 Å². The molecule has 0 aromatic heterocycles. The van der Waals surface area contributed by atoms with Crippen LogP contribution in [0.4, 0.5) is 5.69 Å². The minimum absolute atomic E-state index is 0.467. The summed E-state index contributed by atoms with van der Waals surface area (Å²) in [7, 11) is 0. The quantitative estimate of drug-likeness (QED) is 0.562. The van der Waals surface area contributed by atoms with Crippen molar-refractivity contribution in [1.29, 1.82) is 0 Å². The minimum Gasteiger partial charge on any atom is -0.480 e. The molecule has 1 aromatic rings. The maximum Gasteiger partial charge on any atom is 0.321 e. The van der Waals surface area contributed by atoms with Gasteiger partial charge in [0.2, 0.25) is 0 Å². The number of carboxylic acids is 1. The Morgan fingerprint density at radius 1 is 1.50 bits per heavy atom. The summed E-state index contributed by atoms with van der Waals surface area (Å²) in [6.07, 6.45) is 0.533. The summed E-state index contributed by atoms with van der Waals surface area (Å²) < 4.78 is 0. The molecule has 14 heavy (non-hydrogen) atoms. The first kappa shape index (κ1) is 9.02. The highest BCUT2D eigenvalue weighted by atomic mass is 16.4. The van der Waals surface area contributed by atoms with Crippen LogP contribution in [0.5, 0.6) is 0 Å². The second kappa shape index (κ2) is 3.31. The molecule has 1 aliphatic rings. The molecular weight excluding hydrogens is 180 g/mol. The molecule has 0 aliphatic carbocycles. The Labute approximate surface area is 81.7 Å². The number of nitrogens with one attached hydrogen (secondary N) is 1. The number of benzene rings is 1. The van der Waals surface area contributed by atoms with E-state index in [1.165, 1.54) is 0 Å². The normalized spacial score (nSPS) is 20.1. The standard InChI is InChI=1S/C10H12N2O2/c11-8-2-1-6-4-9(10(13)14)12-5-7(6)3-8/h1-3,9,12H,4-5,11H2,(H,13,14). The lowest BCUT2D eigenvalue weighted by molar-refractivity contribution is -0.139. The zero-order chi connectivity index (χ0) is 10.1. The van der Waals surface area contributed by atoms with Crippen LogP contribution in [-0.2, 0) is 17.8 Å². The van der Waals surface area contributed by atoms with Crippen molar-refractivity contribution in [3.05, 3.63) is 29.3 Å². The molecular formula is C10H12N2O2. The van der Waals surface area contributed by atoms with E-state index in [0.717, 1.165) is 16.8 Å². The molecule has 0 spiro atoms. The maximum atomic E-state index is 10.7. The molecule has 0 fully saturated rings. The summed E-state index contributed by atoms with van der Waals surface area (Å²) >= 11 is 0. The molecule has 74 valence electrons. The number of nitrogen functional groups attached to an aromatic ring is 1. The van der Waals surface area contributed by atoms with Crippen LogP contribution in [0, 0.1) is 0 Å². The average Bonchev–Trinajstić information content (AvgIpc) is 2.16. The van der Waals surface area contributed by atoms with Gasteiger partial charge in [-0.05, 0) is 29.7 Å². The van der Waals surface area contributed by atoms with Crippen molar-refractivity contribution in [2.24, 2.45) is 0 Å². The lowest BCUT2D eigenvalue weighted by atomic mass is 9.95. The van der Waals surface area contributed by atoms with Gasteiger partial charge in [0, 0.05) is 12.2 Å². The smallest absolute Gasteiger partial charge is 0.321 e. The number of hydrogen-bond donors (Lipinski definition) is 3. The van der Waals surface area contributed by atoms with E-state index in [1.54, 1.807) is 0 Å². The predicted octanol–water partition coefficient (Wildman–Crippen LogP) is 0.368. The van der Waals surface area contributed by atoms with Crippen LogP contribution in [-0.4, -0.2) is 17.1 Å². The molecule has 1 heterocycles. The van der Waals surface area contributed by atoms with Gasteiger partial charge in [-0.3, -0.25) is 4.79 Å². The first-order valence-corrected chi connectivity index (χ1v) is 4.50. The zero-order valence-electron chi connectivity index (χ0n) is 7.66. The van der Waals surface area contributed by atoms with Gasteiger partial charge in [-0.1, -0.05) is 6.07 Å². The van der Waals surface area contributed by atoms with Gasteiger partial charge in [-0.2, -0.15) is 0 Å². The number of carboxylic acid groups (broad SMARTS) is 1. The average molecular weight is 192 g/mol. The van der Waals surface area contributed by atoms with Crippen molar-refractivity contribution in [1.82, 2.24) is 5.32 Å². The summed E-state index contributed by atoms with van der Waals surface area (Å²) in [6.45, 7) is 0.581. The van der Waals surface area contributed by atoms with Gasteiger partial charge >= 0.3 is 5.97 Å². The topological polar surface area (TPSA) is 75.3 Å². The highest BCUT2D eigenvalue weighted by Gasteiger charge is 2.23. The number of aliphatic carboxylic acids is 1. The van der Waals surface area contributed by atoms with Crippen molar-refractivity contribution < 1.29 is 9.90 Å². The van der Waals surface area contributed by atoms with Gasteiger partial charge in [0.25, 0.3) is 0 Å². The Bertz CT molecular complexity index is 376. The highest BCUT2D eigenvalue weighted by Crippen LogP contribution is 2.19. The third-order valence-corrected chi connectivity index (χ3v) is 2.49. The fourth-order valence-corrected chi connectivity index (χ4v) is 1.71. The predicted molar refractivity (Wildman–Crippen MR) is 52.8 cm³/mol. The highest BCUT2D eigenvalue weighted by molar-refractivity contribution is 5.74. The van der Waals surface area contributed by atoms with Crippen LogP contribution < -0.4 is 11.1 Å². The van der Waals surface area contributed by atoms with E-state index < -0.39 is 12.0 Å². The van der Waals surface area contributed by atoms with E-state index in [2.05, 4.69) is 5.32 Å². The van der Waals surface area contributed by atoms with E-state index >= 15 is 0 Å². The summed E-state index contributed by atoms with van der Waals surface area (Å²) in [5.41, 5.74) is 8.53. The monoisotopic (exact) mass is 192 g/mol. The first-order valence-electron chi connectivity index (χ1n) is 4.50. The zero-order valence-corrected chi connectivity index (χ0v) is 7.66. The fraction of sp³-hybridized carbons (Fsp3) is 0.300. The third-order valence-electron chi connectivity index (χ3n) is 2.49. The molecule has 1 unspecified atom stereocenters. The Hall–Kier alpha value is -1.55. The van der Waals surface area contributed by atoms with Gasteiger partial charge in [-0.15, -0.1) is 0 Å². The largest absolute Gasteiger partial charge is 0.480 e.